The lowest BCUT2D eigenvalue weighted by atomic mass is 10.1. The fraction of sp³-hybridized carbons (Fsp3) is 0.818. The largest absolute Gasteiger partial charge is 0.479 e. The molecule has 1 saturated heterocycles. The fourth-order valence-corrected chi connectivity index (χ4v) is 1.68. The maximum absolute atomic E-state index is 11.4. The first kappa shape index (κ1) is 14.9. The van der Waals surface area contributed by atoms with E-state index in [1.165, 1.54) is 0 Å². The third kappa shape index (κ3) is 5.95. The van der Waals surface area contributed by atoms with Crippen molar-refractivity contribution in [3.63, 3.8) is 0 Å². The monoisotopic (exact) mass is 260 g/mol. The van der Waals surface area contributed by atoms with Crippen LogP contribution in [0.25, 0.3) is 0 Å². The van der Waals surface area contributed by atoms with Crippen molar-refractivity contribution in [2.24, 2.45) is 0 Å². The average molecular weight is 260 g/mol. The molecule has 1 aliphatic heterocycles. The van der Waals surface area contributed by atoms with Crippen LogP contribution in [0.3, 0.4) is 0 Å². The highest BCUT2D eigenvalue weighted by atomic mass is 16.5. The van der Waals surface area contributed by atoms with E-state index in [-0.39, 0.29) is 31.6 Å². The molecule has 1 unspecified atom stereocenters. The molecule has 0 bridgehead atoms. The second-order valence-electron chi connectivity index (χ2n) is 4.25. The number of aliphatic hydroxyl groups excluding tert-OH is 1. The minimum absolute atomic E-state index is 0.00553. The van der Waals surface area contributed by atoms with Gasteiger partial charge in [0.15, 0.2) is 6.10 Å². The summed E-state index contributed by atoms with van der Waals surface area (Å²) in [5.74, 6) is -1.57. The van der Waals surface area contributed by atoms with Crippen LogP contribution in [-0.2, 0) is 14.3 Å². The Kier molecular flexibility index (Phi) is 6.63. The van der Waals surface area contributed by atoms with Crippen LogP contribution in [0.2, 0.25) is 0 Å². The Balaban J connectivity index is 2.04. The Morgan fingerprint density at radius 1 is 1.39 bits per heavy atom. The smallest absolute Gasteiger partial charge is 0.332 e. The first-order valence-electron chi connectivity index (χ1n) is 6.09. The van der Waals surface area contributed by atoms with Crippen molar-refractivity contribution in [2.75, 3.05) is 26.2 Å². The van der Waals surface area contributed by atoms with Gasteiger partial charge in [-0.05, 0) is 25.9 Å². The lowest BCUT2D eigenvalue weighted by Gasteiger charge is -2.22. The Morgan fingerprint density at radius 2 is 2.06 bits per heavy atom. The normalized spacial score (nSPS) is 18.3. The number of carbonyl (C=O) groups excluding carboxylic acids is 1. The van der Waals surface area contributed by atoms with E-state index < -0.39 is 12.1 Å². The molecule has 0 aliphatic carbocycles. The van der Waals surface area contributed by atoms with Gasteiger partial charge < -0.3 is 25.6 Å². The number of carboxylic acid groups (broad SMARTS) is 1. The predicted octanol–water partition coefficient (Wildman–Crippen LogP) is -1.29. The second kappa shape index (κ2) is 8.02. The number of rotatable bonds is 7. The zero-order valence-electron chi connectivity index (χ0n) is 10.2. The van der Waals surface area contributed by atoms with Crippen molar-refractivity contribution in [3.8, 4) is 0 Å². The van der Waals surface area contributed by atoms with Gasteiger partial charge in [-0.2, -0.15) is 0 Å². The van der Waals surface area contributed by atoms with Crippen LogP contribution in [0.1, 0.15) is 19.3 Å². The third-order valence-electron chi connectivity index (χ3n) is 2.76. The van der Waals surface area contributed by atoms with Crippen LogP contribution < -0.4 is 10.6 Å². The number of nitrogens with one attached hydrogen (secondary N) is 2. The summed E-state index contributed by atoms with van der Waals surface area (Å²) < 4.78 is 5.42. The number of ether oxygens (including phenoxy) is 1. The van der Waals surface area contributed by atoms with E-state index in [1.807, 2.05) is 0 Å². The van der Waals surface area contributed by atoms with Gasteiger partial charge in [0.25, 0.3) is 0 Å². The Hall–Kier alpha value is -1.18. The summed E-state index contributed by atoms with van der Waals surface area (Å²) in [7, 11) is 0. The SMILES string of the molecule is O=C(COC1CCNCC1)NCCC(O)C(=O)O. The van der Waals surface area contributed by atoms with E-state index >= 15 is 0 Å². The minimum atomic E-state index is -1.43. The van der Waals surface area contributed by atoms with Gasteiger partial charge in [-0.3, -0.25) is 4.79 Å². The van der Waals surface area contributed by atoms with Gasteiger partial charge in [-0.1, -0.05) is 0 Å². The molecule has 0 saturated carbocycles. The van der Waals surface area contributed by atoms with Crippen molar-refractivity contribution in [2.45, 2.75) is 31.5 Å². The standard InChI is InChI=1S/C11H20N2O5/c14-9(11(16)17)3-6-13-10(15)7-18-8-1-4-12-5-2-8/h8-9,12,14H,1-7H2,(H,13,15)(H,16,17). The van der Waals surface area contributed by atoms with Crippen molar-refractivity contribution < 1.29 is 24.5 Å². The molecule has 0 spiro atoms. The first-order valence-corrected chi connectivity index (χ1v) is 6.09. The second-order valence-corrected chi connectivity index (χ2v) is 4.25. The maximum Gasteiger partial charge on any atom is 0.332 e. The molecule has 1 fully saturated rings. The first-order chi connectivity index (χ1) is 8.59. The molecule has 0 radical (unpaired) electrons. The number of piperidine rings is 1. The van der Waals surface area contributed by atoms with Crippen LogP contribution in [0.4, 0.5) is 0 Å². The Labute approximate surface area is 106 Å². The molecule has 0 aromatic rings. The van der Waals surface area contributed by atoms with Crippen molar-refractivity contribution in [1.29, 1.82) is 0 Å². The van der Waals surface area contributed by atoms with E-state index in [2.05, 4.69) is 10.6 Å². The molecule has 1 heterocycles. The molecular formula is C11H20N2O5. The summed E-state index contributed by atoms with van der Waals surface area (Å²) in [6.45, 7) is 1.91. The number of hydrogen-bond donors (Lipinski definition) is 4. The van der Waals surface area contributed by atoms with Crippen LogP contribution in [0, 0.1) is 0 Å². The van der Waals surface area contributed by atoms with E-state index in [4.69, 9.17) is 14.9 Å². The van der Waals surface area contributed by atoms with Gasteiger partial charge in [0, 0.05) is 13.0 Å². The third-order valence-corrected chi connectivity index (χ3v) is 2.76. The molecule has 1 amide bonds. The zero-order chi connectivity index (χ0) is 13.4. The quantitative estimate of drug-likeness (QED) is 0.453. The molecule has 104 valence electrons. The van der Waals surface area contributed by atoms with E-state index in [9.17, 15) is 9.59 Å². The molecule has 1 atom stereocenters. The minimum Gasteiger partial charge on any atom is -0.479 e. The highest BCUT2D eigenvalue weighted by Crippen LogP contribution is 2.06. The number of carboxylic acids is 1. The van der Waals surface area contributed by atoms with E-state index in [0.29, 0.717) is 0 Å². The Bertz CT molecular complexity index is 279. The molecule has 7 nitrogen and oxygen atoms in total. The molecule has 1 aliphatic rings. The van der Waals surface area contributed by atoms with Crippen LogP contribution >= 0.6 is 0 Å². The van der Waals surface area contributed by atoms with Gasteiger partial charge in [0.2, 0.25) is 5.91 Å². The van der Waals surface area contributed by atoms with Crippen molar-refractivity contribution in [3.05, 3.63) is 0 Å². The lowest BCUT2D eigenvalue weighted by molar-refractivity contribution is -0.147. The number of aliphatic carboxylic acids is 1. The summed E-state index contributed by atoms with van der Waals surface area (Å²) in [6.07, 6.45) is 0.460. The van der Waals surface area contributed by atoms with Crippen molar-refractivity contribution >= 4 is 11.9 Å². The molecular weight excluding hydrogens is 240 g/mol. The van der Waals surface area contributed by atoms with Gasteiger partial charge in [0.1, 0.15) is 6.61 Å². The topological polar surface area (TPSA) is 108 Å². The average Bonchev–Trinajstić information content (AvgIpc) is 2.37. The molecule has 4 N–H and O–H groups in total. The molecule has 0 aromatic carbocycles. The number of amides is 1. The van der Waals surface area contributed by atoms with Crippen LogP contribution in [-0.4, -0.2) is 60.5 Å². The fourth-order valence-electron chi connectivity index (χ4n) is 1.68. The summed E-state index contributed by atoms with van der Waals surface area (Å²) in [4.78, 5) is 21.7. The number of carbonyl (C=O) groups is 2. The summed E-state index contributed by atoms with van der Waals surface area (Å²) in [6, 6.07) is 0. The van der Waals surface area contributed by atoms with Crippen LogP contribution in [0.5, 0.6) is 0 Å². The van der Waals surface area contributed by atoms with Gasteiger partial charge in [0.05, 0.1) is 6.10 Å². The predicted molar refractivity (Wildman–Crippen MR) is 63.1 cm³/mol. The summed E-state index contributed by atoms with van der Waals surface area (Å²) in [5.41, 5.74) is 0. The molecule has 18 heavy (non-hydrogen) atoms. The molecule has 7 heteroatoms. The Morgan fingerprint density at radius 3 is 2.67 bits per heavy atom. The lowest BCUT2D eigenvalue weighted by Crippen LogP contribution is -2.36. The molecule has 1 rings (SSSR count). The van der Waals surface area contributed by atoms with Crippen LogP contribution in [0.15, 0.2) is 0 Å². The van der Waals surface area contributed by atoms with Crippen molar-refractivity contribution in [1.82, 2.24) is 10.6 Å². The number of aliphatic hydroxyl groups is 1. The zero-order valence-corrected chi connectivity index (χ0v) is 10.2. The molecule has 0 aromatic heterocycles. The highest BCUT2D eigenvalue weighted by molar-refractivity contribution is 5.77. The summed E-state index contributed by atoms with van der Waals surface area (Å²) in [5, 5.41) is 23.1. The summed E-state index contributed by atoms with van der Waals surface area (Å²) >= 11 is 0. The number of hydrogen-bond acceptors (Lipinski definition) is 5. The highest BCUT2D eigenvalue weighted by Gasteiger charge is 2.15. The van der Waals surface area contributed by atoms with Gasteiger partial charge in [-0.25, -0.2) is 4.79 Å². The van der Waals surface area contributed by atoms with Gasteiger partial charge in [-0.15, -0.1) is 0 Å². The van der Waals surface area contributed by atoms with E-state index in [0.717, 1.165) is 25.9 Å². The van der Waals surface area contributed by atoms with E-state index in [1.54, 1.807) is 0 Å². The van der Waals surface area contributed by atoms with Gasteiger partial charge >= 0.3 is 5.97 Å². The maximum atomic E-state index is 11.4.